The summed E-state index contributed by atoms with van der Waals surface area (Å²) in [5.74, 6) is 0. The van der Waals surface area contributed by atoms with Crippen LogP contribution in [0.2, 0.25) is 0 Å². The van der Waals surface area contributed by atoms with E-state index >= 15 is 0 Å². The van der Waals surface area contributed by atoms with Crippen LogP contribution in [0.5, 0.6) is 0 Å². The Kier molecular flexibility index (Phi) is 2.78. The molecule has 0 unspecified atom stereocenters. The smallest absolute Gasteiger partial charge is 0.411 e. The molecule has 0 fully saturated rings. The molecule has 5 heteroatoms. The van der Waals surface area contributed by atoms with Gasteiger partial charge in [-0.1, -0.05) is 17.3 Å². The largest absolute Gasteiger partial charge is 0.416 e. The third-order valence-corrected chi connectivity index (χ3v) is 1.76. The summed E-state index contributed by atoms with van der Waals surface area (Å²) in [6.07, 6.45) is -4.37. The Balaban J connectivity index is 3.14. The zero-order valence-corrected chi connectivity index (χ0v) is 7.34. The van der Waals surface area contributed by atoms with E-state index in [-0.39, 0.29) is 11.3 Å². The summed E-state index contributed by atoms with van der Waals surface area (Å²) in [6.45, 7) is 1.43. The maximum absolute atomic E-state index is 12.2. The molecule has 0 spiro atoms. The van der Waals surface area contributed by atoms with Crippen molar-refractivity contribution in [3.8, 4) is 0 Å². The van der Waals surface area contributed by atoms with Gasteiger partial charge in [0.05, 0.1) is 11.3 Å². The van der Waals surface area contributed by atoms with Crippen LogP contribution in [0.25, 0.3) is 0 Å². The average Bonchev–Trinajstić information content (AvgIpc) is 2.15. The van der Waals surface area contributed by atoms with E-state index in [2.05, 4.69) is 5.16 Å². The van der Waals surface area contributed by atoms with Gasteiger partial charge < -0.3 is 5.21 Å². The molecule has 0 aliphatic carbocycles. The van der Waals surface area contributed by atoms with E-state index in [9.17, 15) is 13.2 Å². The van der Waals surface area contributed by atoms with Crippen LogP contribution in [-0.2, 0) is 6.18 Å². The normalized spacial score (nSPS) is 13.0. The van der Waals surface area contributed by atoms with Crippen LogP contribution in [0.3, 0.4) is 0 Å². The molecular weight excluding hydrogens is 195 g/mol. The van der Waals surface area contributed by atoms with Gasteiger partial charge in [0.25, 0.3) is 0 Å². The lowest BCUT2D eigenvalue weighted by molar-refractivity contribution is -0.137. The van der Waals surface area contributed by atoms with Gasteiger partial charge in [0, 0.05) is 0 Å². The molecule has 0 heterocycles. The molecule has 1 N–H and O–H groups in total. The first-order valence-electron chi connectivity index (χ1n) is 3.81. The van der Waals surface area contributed by atoms with E-state index in [0.29, 0.717) is 0 Å². The summed E-state index contributed by atoms with van der Waals surface area (Å²) in [6, 6.07) is 4.63. The topological polar surface area (TPSA) is 32.6 Å². The molecule has 0 radical (unpaired) electrons. The zero-order chi connectivity index (χ0) is 10.8. The van der Waals surface area contributed by atoms with Crippen LogP contribution in [-0.4, -0.2) is 10.9 Å². The fraction of sp³-hybridized carbons (Fsp3) is 0.222. The minimum Gasteiger partial charge on any atom is -0.411 e. The minimum absolute atomic E-state index is 0.149. The summed E-state index contributed by atoms with van der Waals surface area (Å²) in [5.41, 5.74) is -0.351. The van der Waals surface area contributed by atoms with Crippen LogP contribution >= 0.6 is 0 Å². The number of alkyl halides is 3. The lowest BCUT2D eigenvalue weighted by atomic mass is 10.1. The monoisotopic (exact) mass is 203 g/mol. The molecule has 0 aliphatic rings. The Morgan fingerprint density at radius 2 is 2.00 bits per heavy atom. The van der Waals surface area contributed by atoms with E-state index in [0.717, 1.165) is 12.1 Å². The Bertz CT molecular complexity index is 357. The van der Waals surface area contributed by atoms with Crippen LogP contribution < -0.4 is 0 Å². The number of nitrogens with zero attached hydrogens (tertiary/aromatic N) is 1. The molecule has 2 nitrogen and oxygen atoms in total. The third-order valence-electron chi connectivity index (χ3n) is 1.76. The van der Waals surface area contributed by atoms with Gasteiger partial charge in [-0.15, -0.1) is 0 Å². The molecule has 0 saturated heterocycles. The highest BCUT2D eigenvalue weighted by Gasteiger charge is 2.30. The summed E-state index contributed by atoms with van der Waals surface area (Å²) in [5, 5.41) is 11.2. The van der Waals surface area contributed by atoms with Crippen molar-refractivity contribution < 1.29 is 18.4 Å². The van der Waals surface area contributed by atoms with Crippen molar-refractivity contribution >= 4 is 5.71 Å². The van der Waals surface area contributed by atoms with Gasteiger partial charge in [0.2, 0.25) is 0 Å². The Labute approximate surface area is 78.7 Å². The zero-order valence-electron chi connectivity index (χ0n) is 7.34. The SMILES string of the molecule is CC(=NO)c1cccc(C(F)(F)F)c1. The molecular formula is C9H8F3NO. The third kappa shape index (κ3) is 2.25. The fourth-order valence-corrected chi connectivity index (χ4v) is 0.978. The molecule has 1 aromatic rings. The maximum atomic E-state index is 12.2. The maximum Gasteiger partial charge on any atom is 0.416 e. The summed E-state index contributed by atoms with van der Waals surface area (Å²) in [4.78, 5) is 0. The van der Waals surface area contributed by atoms with Crippen LogP contribution in [0.4, 0.5) is 13.2 Å². The predicted octanol–water partition coefficient (Wildman–Crippen LogP) is 2.90. The quantitative estimate of drug-likeness (QED) is 0.425. The highest BCUT2D eigenvalue weighted by Crippen LogP contribution is 2.29. The molecule has 76 valence electrons. The predicted molar refractivity (Wildman–Crippen MR) is 45.4 cm³/mol. The van der Waals surface area contributed by atoms with Crippen molar-refractivity contribution in [2.24, 2.45) is 5.16 Å². The van der Waals surface area contributed by atoms with Crippen molar-refractivity contribution in [3.63, 3.8) is 0 Å². The number of hydrogen-bond donors (Lipinski definition) is 1. The van der Waals surface area contributed by atoms with Gasteiger partial charge in [0.1, 0.15) is 0 Å². The Hall–Kier alpha value is -1.52. The van der Waals surface area contributed by atoms with Gasteiger partial charge in [-0.25, -0.2) is 0 Å². The van der Waals surface area contributed by atoms with Crippen LogP contribution in [0.15, 0.2) is 29.4 Å². The second-order valence-corrected chi connectivity index (χ2v) is 2.76. The molecule has 0 aliphatic heterocycles. The van der Waals surface area contributed by atoms with E-state index < -0.39 is 11.7 Å². The lowest BCUT2D eigenvalue weighted by Crippen LogP contribution is -2.06. The van der Waals surface area contributed by atoms with Crippen LogP contribution in [0, 0.1) is 0 Å². The second-order valence-electron chi connectivity index (χ2n) is 2.76. The Morgan fingerprint density at radius 3 is 2.50 bits per heavy atom. The lowest BCUT2D eigenvalue weighted by Gasteiger charge is -2.07. The van der Waals surface area contributed by atoms with E-state index in [1.54, 1.807) is 0 Å². The molecule has 14 heavy (non-hydrogen) atoms. The van der Waals surface area contributed by atoms with Gasteiger partial charge in [0.15, 0.2) is 0 Å². The molecule has 1 rings (SSSR count). The molecule has 1 aromatic carbocycles. The summed E-state index contributed by atoms with van der Waals surface area (Å²) >= 11 is 0. The first-order chi connectivity index (χ1) is 6.45. The number of hydrogen-bond acceptors (Lipinski definition) is 2. The van der Waals surface area contributed by atoms with E-state index in [1.807, 2.05) is 0 Å². The van der Waals surface area contributed by atoms with Crippen molar-refractivity contribution in [2.75, 3.05) is 0 Å². The van der Waals surface area contributed by atoms with Gasteiger partial charge in [-0.2, -0.15) is 13.2 Å². The second kappa shape index (κ2) is 3.69. The van der Waals surface area contributed by atoms with Crippen molar-refractivity contribution in [1.29, 1.82) is 0 Å². The molecule has 0 bridgehead atoms. The summed E-state index contributed by atoms with van der Waals surface area (Å²) in [7, 11) is 0. The standard InChI is InChI=1S/C9H8F3NO/c1-6(13-14)7-3-2-4-8(5-7)9(10,11)12/h2-5,14H,1H3. The van der Waals surface area contributed by atoms with Gasteiger partial charge in [-0.05, 0) is 24.6 Å². The highest BCUT2D eigenvalue weighted by atomic mass is 19.4. The average molecular weight is 203 g/mol. The van der Waals surface area contributed by atoms with E-state index in [4.69, 9.17) is 5.21 Å². The first kappa shape index (κ1) is 10.6. The van der Waals surface area contributed by atoms with Crippen LogP contribution in [0.1, 0.15) is 18.1 Å². The van der Waals surface area contributed by atoms with Crippen molar-refractivity contribution in [1.82, 2.24) is 0 Å². The number of oxime groups is 1. The van der Waals surface area contributed by atoms with Crippen molar-refractivity contribution in [2.45, 2.75) is 13.1 Å². The first-order valence-corrected chi connectivity index (χ1v) is 3.81. The molecule has 0 saturated carbocycles. The summed E-state index contributed by atoms with van der Waals surface area (Å²) < 4.78 is 36.7. The van der Waals surface area contributed by atoms with Crippen molar-refractivity contribution in [3.05, 3.63) is 35.4 Å². The molecule has 0 aromatic heterocycles. The molecule has 0 amide bonds. The Morgan fingerprint density at radius 1 is 1.36 bits per heavy atom. The highest BCUT2D eigenvalue weighted by molar-refractivity contribution is 5.98. The number of halogens is 3. The number of benzene rings is 1. The van der Waals surface area contributed by atoms with Gasteiger partial charge in [-0.3, -0.25) is 0 Å². The minimum atomic E-state index is -4.37. The van der Waals surface area contributed by atoms with Gasteiger partial charge >= 0.3 is 6.18 Å². The number of rotatable bonds is 1. The fourth-order valence-electron chi connectivity index (χ4n) is 0.978. The van der Waals surface area contributed by atoms with E-state index in [1.165, 1.54) is 19.1 Å². The molecule has 0 atom stereocenters.